The summed E-state index contributed by atoms with van der Waals surface area (Å²) in [6.07, 6.45) is -2.43. The number of hydrogen-bond acceptors (Lipinski definition) is 4. The minimum atomic E-state index is -4.41. The molecule has 160 valence electrons. The molecule has 0 aliphatic heterocycles. The zero-order valence-electron chi connectivity index (χ0n) is 16.9. The summed E-state index contributed by atoms with van der Waals surface area (Å²) in [7, 11) is 1.85. The third-order valence-electron chi connectivity index (χ3n) is 4.87. The maximum Gasteiger partial charge on any atom is 0.416 e. The predicted octanol–water partition coefficient (Wildman–Crippen LogP) is 4.08. The molecule has 0 bridgehead atoms. The number of amides is 1. The van der Waals surface area contributed by atoms with Gasteiger partial charge < -0.3 is 11.1 Å². The molecule has 1 atom stereocenters. The third-order valence-corrected chi connectivity index (χ3v) is 5.92. The van der Waals surface area contributed by atoms with Gasteiger partial charge in [0.05, 0.1) is 22.3 Å². The molecule has 0 fully saturated rings. The van der Waals surface area contributed by atoms with Gasteiger partial charge in [0.2, 0.25) is 0 Å². The van der Waals surface area contributed by atoms with Crippen LogP contribution in [-0.2, 0) is 19.6 Å². The second kappa shape index (κ2) is 8.61. The highest BCUT2D eigenvalue weighted by Crippen LogP contribution is 2.33. The van der Waals surface area contributed by atoms with Crippen LogP contribution in [0.4, 0.5) is 13.2 Å². The highest BCUT2D eigenvalue weighted by atomic mass is 32.1. The molecule has 3 aromatic rings. The van der Waals surface area contributed by atoms with E-state index in [1.54, 1.807) is 16.9 Å². The largest absolute Gasteiger partial charge is 0.416 e. The van der Waals surface area contributed by atoms with Gasteiger partial charge in [-0.05, 0) is 43.5 Å². The number of nitrogens with zero attached hydrogens (tertiary/aromatic N) is 2. The van der Waals surface area contributed by atoms with E-state index >= 15 is 0 Å². The molecule has 0 unspecified atom stereocenters. The fourth-order valence-electron chi connectivity index (χ4n) is 3.37. The molecule has 2 heterocycles. The quantitative estimate of drug-likeness (QED) is 0.612. The zero-order valence-corrected chi connectivity index (χ0v) is 17.7. The van der Waals surface area contributed by atoms with Crippen LogP contribution >= 0.6 is 11.3 Å². The van der Waals surface area contributed by atoms with Crippen LogP contribution in [0.1, 0.15) is 31.2 Å². The average molecular weight is 437 g/mol. The van der Waals surface area contributed by atoms with Gasteiger partial charge >= 0.3 is 6.18 Å². The van der Waals surface area contributed by atoms with Crippen molar-refractivity contribution in [2.75, 3.05) is 6.54 Å². The first-order valence-corrected chi connectivity index (χ1v) is 10.2. The Morgan fingerprint density at radius 3 is 2.63 bits per heavy atom. The van der Waals surface area contributed by atoms with Crippen LogP contribution in [-0.4, -0.2) is 28.3 Å². The summed E-state index contributed by atoms with van der Waals surface area (Å²) in [6.45, 7) is 4.00. The molecular weight excluding hydrogens is 413 g/mol. The van der Waals surface area contributed by atoms with Gasteiger partial charge in [-0.15, -0.1) is 11.3 Å². The second-order valence-electron chi connectivity index (χ2n) is 7.19. The van der Waals surface area contributed by atoms with E-state index in [9.17, 15) is 18.0 Å². The van der Waals surface area contributed by atoms with E-state index in [4.69, 9.17) is 5.73 Å². The lowest BCUT2D eigenvalue weighted by molar-refractivity contribution is -0.137. The van der Waals surface area contributed by atoms with Crippen LogP contribution in [0.25, 0.3) is 11.3 Å². The smallest absolute Gasteiger partial charge is 0.347 e. The first-order chi connectivity index (χ1) is 14.1. The lowest BCUT2D eigenvalue weighted by Crippen LogP contribution is -2.41. The number of aromatic nitrogens is 2. The number of hydrogen-bond donors (Lipinski definition) is 2. The Balaban J connectivity index is 1.76. The lowest BCUT2D eigenvalue weighted by Gasteiger charge is -2.17. The zero-order chi connectivity index (χ0) is 22.1. The van der Waals surface area contributed by atoms with Crippen LogP contribution in [0, 0.1) is 13.8 Å². The number of thiophene rings is 1. The summed E-state index contributed by atoms with van der Waals surface area (Å²) in [5.41, 5.74) is 8.42. The van der Waals surface area contributed by atoms with Crippen LogP contribution in [0.15, 0.2) is 36.5 Å². The molecule has 0 saturated carbocycles. The number of rotatable bonds is 6. The predicted molar refractivity (Wildman–Crippen MR) is 111 cm³/mol. The van der Waals surface area contributed by atoms with Gasteiger partial charge in [-0.3, -0.25) is 9.48 Å². The van der Waals surface area contributed by atoms with Crippen LogP contribution in [0.2, 0.25) is 0 Å². The van der Waals surface area contributed by atoms with Crippen LogP contribution in [0.5, 0.6) is 0 Å². The summed E-state index contributed by atoms with van der Waals surface area (Å²) in [4.78, 5) is 14.3. The Kier molecular flexibility index (Phi) is 6.33. The van der Waals surface area contributed by atoms with Gasteiger partial charge in [0, 0.05) is 30.1 Å². The molecule has 2 aromatic heterocycles. The first-order valence-electron chi connectivity index (χ1n) is 9.36. The summed E-state index contributed by atoms with van der Waals surface area (Å²) in [6, 6.07) is 6.41. The summed E-state index contributed by atoms with van der Waals surface area (Å²) in [5.74, 6) is -0.295. The number of carbonyl (C=O) groups excluding carboxylic acids is 1. The number of benzene rings is 1. The average Bonchev–Trinajstić information content (AvgIpc) is 3.22. The van der Waals surface area contributed by atoms with E-state index in [2.05, 4.69) is 10.4 Å². The Morgan fingerprint density at radius 2 is 2.03 bits per heavy atom. The molecule has 30 heavy (non-hydrogen) atoms. The number of halogens is 3. The molecule has 1 amide bonds. The Bertz CT molecular complexity index is 1040. The summed E-state index contributed by atoms with van der Waals surface area (Å²) < 4.78 is 40.6. The Morgan fingerprint density at radius 1 is 1.30 bits per heavy atom. The summed E-state index contributed by atoms with van der Waals surface area (Å²) >= 11 is 1.36. The SMILES string of the molecule is Cc1cnn(C)c1-c1cc(C(=O)N[C@H](CN)Cc2cccc(C(F)(F)F)c2)sc1C. The number of alkyl halides is 3. The molecule has 3 N–H and O–H groups in total. The minimum Gasteiger partial charge on any atom is -0.347 e. The molecular formula is C21H23F3N4OS. The van der Waals surface area contributed by atoms with Crippen molar-refractivity contribution in [1.29, 1.82) is 0 Å². The molecule has 3 rings (SSSR count). The van der Waals surface area contributed by atoms with E-state index in [0.717, 1.165) is 33.8 Å². The van der Waals surface area contributed by atoms with E-state index in [1.165, 1.54) is 17.4 Å². The van der Waals surface area contributed by atoms with E-state index < -0.39 is 17.8 Å². The normalized spacial score (nSPS) is 12.8. The lowest BCUT2D eigenvalue weighted by atomic mass is 10.0. The van der Waals surface area contributed by atoms with Crippen LogP contribution < -0.4 is 11.1 Å². The number of nitrogens with one attached hydrogen (secondary N) is 1. The Labute approximate surface area is 176 Å². The third kappa shape index (κ3) is 4.73. The van der Waals surface area contributed by atoms with Gasteiger partial charge in [-0.2, -0.15) is 18.3 Å². The van der Waals surface area contributed by atoms with Gasteiger partial charge in [0.15, 0.2) is 0 Å². The van der Waals surface area contributed by atoms with E-state index in [0.29, 0.717) is 10.4 Å². The van der Waals surface area contributed by atoms with Crippen molar-refractivity contribution in [3.63, 3.8) is 0 Å². The maximum absolute atomic E-state index is 12.9. The van der Waals surface area contributed by atoms with E-state index in [1.807, 2.05) is 27.0 Å². The summed E-state index contributed by atoms with van der Waals surface area (Å²) in [5, 5.41) is 7.09. The second-order valence-corrected chi connectivity index (χ2v) is 8.44. The van der Waals surface area contributed by atoms with Crippen molar-refractivity contribution in [3.8, 4) is 11.3 Å². The molecule has 9 heteroatoms. The maximum atomic E-state index is 12.9. The van der Waals surface area contributed by atoms with Crippen molar-refractivity contribution in [2.45, 2.75) is 32.5 Å². The highest BCUT2D eigenvalue weighted by Gasteiger charge is 2.30. The molecule has 1 aromatic carbocycles. The van der Waals surface area contributed by atoms with Crippen LogP contribution in [0.3, 0.4) is 0 Å². The minimum absolute atomic E-state index is 0.111. The molecule has 5 nitrogen and oxygen atoms in total. The van der Waals surface area contributed by atoms with Gasteiger partial charge in [-0.1, -0.05) is 18.2 Å². The van der Waals surface area contributed by atoms with Crippen molar-refractivity contribution < 1.29 is 18.0 Å². The number of aryl methyl sites for hydroxylation is 3. The van der Waals surface area contributed by atoms with Crippen molar-refractivity contribution in [1.82, 2.24) is 15.1 Å². The fraction of sp³-hybridized carbons (Fsp3) is 0.333. The molecule has 0 saturated heterocycles. The highest BCUT2D eigenvalue weighted by molar-refractivity contribution is 7.14. The molecule has 0 radical (unpaired) electrons. The van der Waals surface area contributed by atoms with Crippen molar-refractivity contribution in [2.24, 2.45) is 12.8 Å². The first kappa shape index (κ1) is 22.0. The fourth-order valence-corrected chi connectivity index (χ4v) is 4.30. The monoisotopic (exact) mass is 436 g/mol. The number of nitrogens with two attached hydrogens (primary N) is 1. The topological polar surface area (TPSA) is 72.9 Å². The molecule has 0 aliphatic carbocycles. The Hall–Kier alpha value is -2.65. The molecule has 0 spiro atoms. The van der Waals surface area contributed by atoms with Crippen molar-refractivity contribution in [3.05, 3.63) is 63.0 Å². The van der Waals surface area contributed by atoms with Gasteiger partial charge in [0.1, 0.15) is 0 Å². The molecule has 0 aliphatic rings. The van der Waals surface area contributed by atoms with E-state index in [-0.39, 0.29) is 18.9 Å². The standard InChI is InChI=1S/C21H23F3N4OS/c1-12-11-26-28(3)19(12)17-9-18(30-13(17)2)20(29)27-16(10-25)8-14-5-4-6-15(7-14)21(22,23)24/h4-7,9,11,16H,8,10,25H2,1-3H3,(H,27,29)/t16-/m0/s1. The number of carbonyl (C=O) groups is 1. The van der Waals surface area contributed by atoms with Gasteiger partial charge in [0.25, 0.3) is 5.91 Å². The van der Waals surface area contributed by atoms with Gasteiger partial charge in [-0.25, -0.2) is 0 Å². The van der Waals surface area contributed by atoms with Crippen molar-refractivity contribution >= 4 is 17.2 Å².